The number of nitrogens with zero attached hydrogens (tertiary/aromatic N) is 1. The van der Waals surface area contributed by atoms with Gasteiger partial charge in [-0.05, 0) is 49.7 Å². The van der Waals surface area contributed by atoms with E-state index in [2.05, 4.69) is 33.9 Å². The molecule has 2 aliphatic rings. The lowest BCUT2D eigenvalue weighted by atomic mass is 9.93. The summed E-state index contributed by atoms with van der Waals surface area (Å²) in [6.07, 6.45) is -5.51. The van der Waals surface area contributed by atoms with Crippen LogP contribution in [0.15, 0.2) is 84.9 Å². The zero-order valence-electron chi connectivity index (χ0n) is 32.5. The topological polar surface area (TPSA) is 143 Å². The Kier molecular flexibility index (Phi) is 13.1. The van der Waals surface area contributed by atoms with Gasteiger partial charge < -0.3 is 42.3 Å². The van der Waals surface area contributed by atoms with Crippen molar-refractivity contribution in [2.24, 2.45) is 0 Å². The van der Waals surface area contributed by atoms with E-state index in [4.69, 9.17) is 42.3 Å². The van der Waals surface area contributed by atoms with Gasteiger partial charge in [0.1, 0.15) is 24.4 Å². The molecule has 14 heteroatoms. The molecule has 2 aliphatic heterocycles. The van der Waals surface area contributed by atoms with Crippen LogP contribution in [0.5, 0.6) is 0 Å². The van der Waals surface area contributed by atoms with E-state index in [1.54, 1.807) is 13.8 Å². The third-order valence-corrected chi connectivity index (χ3v) is 15.3. The number of benzene rings is 3. The fourth-order valence-electron chi connectivity index (χ4n) is 6.04. The van der Waals surface area contributed by atoms with Crippen molar-refractivity contribution in [3.63, 3.8) is 0 Å². The van der Waals surface area contributed by atoms with Crippen molar-refractivity contribution in [2.45, 2.75) is 108 Å². The Hall–Kier alpha value is -3.57. The number of esters is 1. The van der Waals surface area contributed by atoms with Gasteiger partial charge in [0.2, 0.25) is 11.6 Å². The zero-order chi connectivity index (χ0) is 39.3. The number of ether oxygens (including phenoxy) is 8. The van der Waals surface area contributed by atoms with Gasteiger partial charge in [0.25, 0.3) is 5.69 Å². The van der Waals surface area contributed by atoms with Gasteiger partial charge >= 0.3 is 5.97 Å². The van der Waals surface area contributed by atoms with Crippen molar-refractivity contribution in [1.82, 2.24) is 0 Å². The minimum Gasteiger partial charge on any atom is -0.453 e. The summed E-state index contributed by atoms with van der Waals surface area (Å²) in [7, 11) is 0.532. The van der Waals surface area contributed by atoms with Gasteiger partial charge in [0, 0.05) is 31.9 Å². The number of non-ortho nitro benzene ring substituents is 1. The summed E-state index contributed by atoms with van der Waals surface area (Å²) in [5.41, 5.74) is 1.69. The Bertz CT molecular complexity index is 1690. The fourth-order valence-corrected chi connectivity index (χ4v) is 7.06. The van der Waals surface area contributed by atoms with Gasteiger partial charge in [-0.25, -0.2) is 4.79 Å². The second kappa shape index (κ2) is 17.1. The summed E-state index contributed by atoms with van der Waals surface area (Å²) in [6.45, 7) is 14.3. The van der Waals surface area contributed by atoms with Crippen LogP contribution in [-0.4, -0.2) is 88.7 Å². The number of methoxy groups -OCH3 is 2. The smallest absolute Gasteiger partial charge is 0.338 e. The molecule has 2 heterocycles. The number of carbonyl (C=O) groups is 1. The van der Waals surface area contributed by atoms with Gasteiger partial charge in [-0.3, -0.25) is 10.1 Å². The van der Waals surface area contributed by atoms with Crippen molar-refractivity contribution in [2.75, 3.05) is 27.4 Å². The fraction of sp³-hybridized carbons (Fsp3) is 0.525. The quantitative estimate of drug-likeness (QED) is 0.0700. The highest BCUT2D eigenvalue weighted by Crippen LogP contribution is 2.45. The first-order valence-corrected chi connectivity index (χ1v) is 20.9. The number of rotatable bonds is 14. The molecule has 0 saturated carbocycles. The maximum atomic E-state index is 13.9. The number of nitro groups is 1. The molecule has 0 amide bonds. The van der Waals surface area contributed by atoms with Crippen molar-refractivity contribution in [1.29, 1.82) is 0 Å². The van der Waals surface area contributed by atoms with Crippen LogP contribution in [0.4, 0.5) is 5.69 Å². The molecule has 3 aromatic carbocycles. The van der Waals surface area contributed by atoms with Gasteiger partial charge in [0.15, 0.2) is 20.7 Å². The monoisotopic (exact) mass is 767 g/mol. The predicted molar refractivity (Wildman–Crippen MR) is 201 cm³/mol. The molecule has 0 aromatic heterocycles. The molecule has 5 rings (SSSR count). The Labute approximate surface area is 318 Å². The summed E-state index contributed by atoms with van der Waals surface area (Å²) in [5.74, 6) is -3.73. The Morgan fingerprint density at radius 1 is 0.907 bits per heavy atom. The van der Waals surface area contributed by atoms with Gasteiger partial charge in [0.05, 0.1) is 30.3 Å². The third-order valence-electron chi connectivity index (χ3n) is 10.8. The molecule has 0 N–H and O–H groups in total. The second-order valence-electron chi connectivity index (χ2n) is 15.3. The average molecular weight is 768 g/mol. The predicted octanol–water partition coefficient (Wildman–Crippen LogP) is 7.35. The zero-order valence-corrected chi connectivity index (χ0v) is 33.5. The summed E-state index contributed by atoms with van der Waals surface area (Å²) < 4.78 is 58.2. The van der Waals surface area contributed by atoms with E-state index in [0.717, 1.165) is 11.1 Å². The maximum absolute atomic E-state index is 13.9. The van der Waals surface area contributed by atoms with Crippen LogP contribution in [0.2, 0.25) is 18.1 Å². The lowest BCUT2D eigenvalue weighted by molar-refractivity contribution is -0.468. The summed E-state index contributed by atoms with van der Waals surface area (Å²) >= 11 is 0. The molecule has 0 radical (unpaired) electrons. The molecule has 3 unspecified atom stereocenters. The van der Waals surface area contributed by atoms with Crippen LogP contribution < -0.4 is 0 Å². The number of hydrogen-bond acceptors (Lipinski definition) is 12. The van der Waals surface area contributed by atoms with E-state index >= 15 is 0 Å². The van der Waals surface area contributed by atoms with E-state index in [1.165, 1.54) is 38.5 Å². The molecule has 0 bridgehead atoms. The second-order valence-corrected chi connectivity index (χ2v) is 20.1. The van der Waals surface area contributed by atoms with Crippen molar-refractivity contribution < 1.29 is 52.0 Å². The highest BCUT2D eigenvalue weighted by Gasteiger charge is 2.62. The molecule has 3 aromatic rings. The minimum atomic E-state index is -2.44. The van der Waals surface area contributed by atoms with E-state index in [9.17, 15) is 14.9 Å². The van der Waals surface area contributed by atoms with Crippen LogP contribution in [0, 0.1) is 10.1 Å². The Morgan fingerprint density at radius 2 is 1.50 bits per heavy atom. The van der Waals surface area contributed by atoms with Crippen molar-refractivity contribution >= 4 is 20.0 Å². The largest absolute Gasteiger partial charge is 0.453 e. The van der Waals surface area contributed by atoms with Gasteiger partial charge in [-0.1, -0.05) is 81.4 Å². The molecular formula is C40H53NO12Si. The van der Waals surface area contributed by atoms with Crippen LogP contribution in [0.3, 0.4) is 0 Å². The maximum Gasteiger partial charge on any atom is 0.338 e. The average Bonchev–Trinajstić information content (AvgIpc) is 3.16. The number of nitro benzene ring substituents is 1. The molecule has 13 nitrogen and oxygen atoms in total. The third kappa shape index (κ3) is 9.27. The summed E-state index contributed by atoms with van der Waals surface area (Å²) in [4.78, 5) is 24.7. The lowest BCUT2D eigenvalue weighted by Crippen LogP contribution is -2.71. The van der Waals surface area contributed by atoms with Crippen LogP contribution in [0.1, 0.15) is 62.4 Å². The molecular weight excluding hydrogens is 715 g/mol. The number of hydrogen-bond donors (Lipinski definition) is 0. The van der Waals surface area contributed by atoms with Crippen LogP contribution >= 0.6 is 0 Å². The van der Waals surface area contributed by atoms with Crippen LogP contribution in [-0.2, 0) is 48.9 Å². The molecule has 0 aliphatic carbocycles. The standard InChI is InChI=1S/C40H53NO12Si/c1-38(2,3)54(8,9)49-26-32(50-36(42)28-20-22-30(23-21-28)41(43)44)34-35(53-40(5,46-7)39(4,45-6)52-34)33-31(47-24-27-16-12-10-13-17-27)25-48-37(51-33)29-18-14-11-15-19-29/h10-23,31-35,37H,24-26H2,1-9H3/t31-,32+,33-,34+,35+,37?,39?,40?/m1/s1. The first-order valence-electron chi connectivity index (χ1n) is 18.0. The SMILES string of the molecule is COC1(C)O[C@@H]([C@@H]2OC(c3ccccc3)OC[C@H]2OCc2ccccc2)[C@H]([C@H](CO[Si](C)(C)C(C)(C)C)OC(=O)c2ccc([N+](=O)[O-])cc2)OC1(C)OC. The van der Waals surface area contributed by atoms with Crippen LogP contribution in [0.25, 0.3) is 0 Å². The Balaban J connectivity index is 1.58. The molecule has 2 fully saturated rings. The van der Waals surface area contributed by atoms with E-state index in [0.29, 0.717) is 0 Å². The summed E-state index contributed by atoms with van der Waals surface area (Å²) in [5, 5.41) is 11.2. The normalized spacial score (nSPS) is 28.3. The first kappa shape index (κ1) is 41.6. The molecule has 294 valence electrons. The first-order chi connectivity index (χ1) is 25.5. The molecule has 8 atom stereocenters. The number of carbonyl (C=O) groups excluding carboxylic acids is 1. The summed E-state index contributed by atoms with van der Waals surface area (Å²) in [6, 6.07) is 24.5. The minimum absolute atomic E-state index is 0.0654. The molecule has 0 spiro atoms. The van der Waals surface area contributed by atoms with Crippen molar-refractivity contribution in [3.8, 4) is 0 Å². The highest BCUT2D eigenvalue weighted by molar-refractivity contribution is 6.74. The van der Waals surface area contributed by atoms with E-state index in [1.807, 2.05) is 60.7 Å². The van der Waals surface area contributed by atoms with Gasteiger partial charge in [-0.2, -0.15) is 0 Å². The van der Waals surface area contributed by atoms with Crippen molar-refractivity contribution in [3.05, 3.63) is 112 Å². The highest BCUT2D eigenvalue weighted by atomic mass is 28.4. The van der Waals surface area contributed by atoms with E-state index < -0.39 is 67.6 Å². The lowest BCUT2D eigenvalue weighted by Gasteiger charge is -2.55. The Morgan fingerprint density at radius 3 is 2.07 bits per heavy atom. The molecule has 2 saturated heterocycles. The van der Waals surface area contributed by atoms with Gasteiger partial charge in [-0.15, -0.1) is 0 Å². The van der Waals surface area contributed by atoms with E-state index in [-0.39, 0.29) is 36.1 Å². The molecule has 54 heavy (non-hydrogen) atoms.